The van der Waals surface area contributed by atoms with Gasteiger partial charge in [0.15, 0.2) is 0 Å². The van der Waals surface area contributed by atoms with Crippen molar-refractivity contribution in [1.29, 1.82) is 5.26 Å². The fraction of sp³-hybridized carbons (Fsp3) is 0.0227. The zero-order chi connectivity index (χ0) is 32.4. The number of hydrogen-bond acceptors (Lipinski definition) is 3. The van der Waals surface area contributed by atoms with Crippen LogP contribution in [-0.4, -0.2) is 4.57 Å². The van der Waals surface area contributed by atoms with E-state index in [0.29, 0.717) is 11.3 Å². The number of nitrogens with zero attached hydrogens (tertiary/aromatic N) is 2. The van der Waals surface area contributed by atoms with Crippen LogP contribution in [0.1, 0.15) is 29.4 Å². The van der Waals surface area contributed by atoms with Gasteiger partial charge in [0.25, 0.3) is 0 Å². The van der Waals surface area contributed by atoms with E-state index in [2.05, 4.69) is 109 Å². The second-order valence-corrected chi connectivity index (χ2v) is 12.1. The third-order valence-electron chi connectivity index (χ3n) is 9.39. The third kappa shape index (κ3) is 4.15. The van der Waals surface area contributed by atoms with Gasteiger partial charge in [-0.3, -0.25) is 0 Å². The van der Waals surface area contributed by atoms with Gasteiger partial charge in [-0.2, -0.15) is 5.26 Å². The largest absolute Gasteiger partial charge is 0.456 e. The first-order valence-electron chi connectivity index (χ1n) is 15.9. The predicted molar refractivity (Wildman–Crippen MR) is 198 cm³/mol. The lowest BCUT2D eigenvalue weighted by Crippen LogP contribution is -1.98. The van der Waals surface area contributed by atoms with Crippen LogP contribution in [0.2, 0.25) is 0 Å². The van der Waals surface area contributed by atoms with E-state index < -0.39 is 0 Å². The van der Waals surface area contributed by atoms with E-state index in [4.69, 9.17) is 8.83 Å². The second-order valence-electron chi connectivity index (χ2n) is 12.1. The zero-order valence-electron chi connectivity index (χ0n) is 26.2. The van der Waals surface area contributed by atoms with Crippen LogP contribution in [0.5, 0.6) is 0 Å². The van der Waals surface area contributed by atoms with Crippen molar-refractivity contribution in [2.24, 2.45) is 0 Å². The maximum Gasteiger partial charge on any atom is 0.136 e. The van der Waals surface area contributed by atoms with Crippen LogP contribution in [0, 0.1) is 11.3 Å². The van der Waals surface area contributed by atoms with Crippen molar-refractivity contribution in [3.05, 3.63) is 156 Å². The van der Waals surface area contributed by atoms with Gasteiger partial charge in [-0.15, -0.1) is 0 Å². The standard InChI is InChI=1S/C44H28N2O2/c1-3-39-34(23-27(2)29-11-5-4-6-12-29)43-41(47-39)21-22-42-44(43)35-25-30(18-20-40(35)48-42)33-24-28(26-45)17-19-38(33)46-36-15-9-7-13-31(36)32-14-8-10-16-37(32)46/h3-25H,1H2,2H3/b27-23+. The van der Waals surface area contributed by atoms with Gasteiger partial charge in [-0.25, -0.2) is 0 Å². The highest BCUT2D eigenvalue weighted by Crippen LogP contribution is 2.43. The average Bonchev–Trinajstić information content (AvgIpc) is 3.80. The minimum Gasteiger partial charge on any atom is -0.456 e. The zero-order valence-corrected chi connectivity index (χ0v) is 26.2. The lowest BCUT2D eigenvalue weighted by atomic mass is 9.96. The van der Waals surface area contributed by atoms with Gasteiger partial charge in [0.1, 0.15) is 22.5 Å². The fourth-order valence-electron chi connectivity index (χ4n) is 7.18. The van der Waals surface area contributed by atoms with E-state index >= 15 is 0 Å². The molecule has 0 spiro atoms. The lowest BCUT2D eigenvalue weighted by molar-refractivity contribution is 0.603. The van der Waals surface area contributed by atoms with Gasteiger partial charge in [0, 0.05) is 38.1 Å². The molecule has 0 atom stereocenters. The monoisotopic (exact) mass is 616 g/mol. The van der Waals surface area contributed by atoms with Gasteiger partial charge >= 0.3 is 0 Å². The summed E-state index contributed by atoms with van der Waals surface area (Å²) < 4.78 is 15.1. The first-order chi connectivity index (χ1) is 23.6. The van der Waals surface area contributed by atoms with E-state index in [9.17, 15) is 5.26 Å². The number of allylic oxidation sites excluding steroid dienone is 1. The summed E-state index contributed by atoms with van der Waals surface area (Å²) in [5.41, 5.74) is 11.4. The Morgan fingerprint density at radius 1 is 0.688 bits per heavy atom. The summed E-state index contributed by atoms with van der Waals surface area (Å²) in [4.78, 5) is 0. The molecular formula is C44H28N2O2. The van der Waals surface area contributed by atoms with Crippen molar-refractivity contribution in [3.63, 3.8) is 0 Å². The molecule has 0 fully saturated rings. The van der Waals surface area contributed by atoms with Gasteiger partial charge in [-0.1, -0.05) is 79.4 Å². The highest BCUT2D eigenvalue weighted by atomic mass is 16.3. The molecular weight excluding hydrogens is 588 g/mol. The molecule has 6 aromatic carbocycles. The topological polar surface area (TPSA) is 55.0 Å². The third-order valence-corrected chi connectivity index (χ3v) is 9.39. The van der Waals surface area contributed by atoms with Gasteiger partial charge in [0.05, 0.1) is 28.4 Å². The molecule has 4 heteroatoms. The lowest BCUT2D eigenvalue weighted by Gasteiger charge is -2.15. The Bertz CT molecular complexity index is 2760. The summed E-state index contributed by atoms with van der Waals surface area (Å²) in [6, 6.07) is 45.9. The summed E-state index contributed by atoms with van der Waals surface area (Å²) >= 11 is 0. The molecule has 0 aliphatic carbocycles. The van der Waals surface area contributed by atoms with E-state index in [-0.39, 0.29) is 0 Å². The van der Waals surface area contributed by atoms with Crippen molar-refractivity contribution < 1.29 is 8.83 Å². The SMILES string of the molecule is C=Cc1oc2ccc3oc4ccc(-c5cc(C#N)ccc5-n5c6ccccc6c6ccccc65)cc4c3c2c1/C=C(\C)c1ccccc1. The molecule has 0 bridgehead atoms. The van der Waals surface area contributed by atoms with Crippen LogP contribution < -0.4 is 0 Å². The van der Waals surface area contributed by atoms with Crippen LogP contribution in [0.3, 0.4) is 0 Å². The number of nitriles is 1. The molecule has 3 aromatic heterocycles. The Morgan fingerprint density at radius 3 is 2.06 bits per heavy atom. The molecule has 0 radical (unpaired) electrons. The Morgan fingerprint density at radius 2 is 1.35 bits per heavy atom. The Labute approximate surface area is 276 Å². The van der Waals surface area contributed by atoms with Crippen LogP contribution in [-0.2, 0) is 0 Å². The number of aromatic nitrogens is 1. The highest BCUT2D eigenvalue weighted by molar-refractivity contribution is 6.22. The second kappa shape index (κ2) is 10.8. The Kier molecular flexibility index (Phi) is 6.21. The first kappa shape index (κ1) is 27.7. The smallest absolute Gasteiger partial charge is 0.136 e. The summed E-state index contributed by atoms with van der Waals surface area (Å²) in [5, 5.41) is 15.3. The number of furan rings is 2. The highest BCUT2D eigenvalue weighted by Gasteiger charge is 2.21. The van der Waals surface area contributed by atoms with Crippen LogP contribution in [0.25, 0.3) is 89.3 Å². The molecule has 226 valence electrons. The molecule has 0 aliphatic heterocycles. The predicted octanol–water partition coefficient (Wildman–Crippen LogP) is 12.2. The number of benzene rings is 6. The van der Waals surface area contributed by atoms with E-state index in [1.165, 1.54) is 10.8 Å². The minimum absolute atomic E-state index is 0.600. The first-order valence-corrected chi connectivity index (χ1v) is 15.9. The minimum atomic E-state index is 0.600. The number of para-hydroxylation sites is 2. The summed E-state index contributed by atoms with van der Waals surface area (Å²) in [7, 11) is 0. The Balaban J connectivity index is 1.33. The maximum absolute atomic E-state index is 9.99. The van der Waals surface area contributed by atoms with Gasteiger partial charge in [-0.05, 0) is 90.4 Å². The summed E-state index contributed by atoms with van der Waals surface area (Å²) in [6.45, 7) is 6.19. The van der Waals surface area contributed by atoms with E-state index in [1.807, 2.05) is 48.5 Å². The molecule has 9 aromatic rings. The van der Waals surface area contributed by atoms with E-state index in [0.717, 1.165) is 77.5 Å². The van der Waals surface area contributed by atoms with Crippen molar-refractivity contribution in [2.45, 2.75) is 6.92 Å². The number of rotatable bonds is 5. The van der Waals surface area contributed by atoms with Crippen molar-refractivity contribution in [2.75, 3.05) is 0 Å². The maximum atomic E-state index is 9.99. The van der Waals surface area contributed by atoms with Crippen molar-refractivity contribution in [3.8, 4) is 22.9 Å². The molecule has 4 nitrogen and oxygen atoms in total. The molecule has 3 heterocycles. The molecule has 0 amide bonds. The van der Waals surface area contributed by atoms with Crippen LogP contribution in [0.4, 0.5) is 0 Å². The molecule has 0 aliphatic rings. The van der Waals surface area contributed by atoms with Crippen LogP contribution >= 0.6 is 0 Å². The normalized spacial score (nSPS) is 12.0. The van der Waals surface area contributed by atoms with Crippen molar-refractivity contribution >= 4 is 72.4 Å². The molecule has 48 heavy (non-hydrogen) atoms. The average molecular weight is 617 g/mol. The quantitative estimate of drug-likeness (QED) is 0.193. The molecule has 0 unspecified atom stereocenters. The number of hydrogen-bond donors (Lipinski definition) is 0. The number of fused-ring (bicyclic) bond motifs is 8. The van der Waals surface area contributed by atoms with Gasteiger partial charge < -0.3 is 13.4 Å². The fourth-order valence-corrected chi connectivity index (χ4v) is 7.18. The molecule has 0 N–H and O–H groups in total. The molecule has 0 saturated heterocycles. The molecule has 0 saturated carbocycles. The summed E-state index contributed by atoms with van der Waals surface area (Å²) in [6.07, 6.45) is 3.95. The van der Waals surface area contributed by atoms with E-state index in [1.54, 1.807) is 6.08 Å². The van der Waals surface area contributed by atoms with Gasteiger partial charge in [0.2, 0.25) is 0 Å². The van der Waals surface area contributed by atoms with Crippen molar-refractivity contribution in [1.82, 2.24) is 4.57 Å². The molecule has 9 rings (SSSR count). The summed E-state index contributed by atoms with van der Waals surface area (Å²) in [5.74, 6) is 0.716. The van der Waals surface area contributed by atoms with Crippen LogP contribution in [0.15, 0.2) is 143 Å². The Hall–Kier alpha value is -6.57.